The molecule has 1 heterocycles. The first-order valence-electron chi connectivity index (χ1n) is 8.70. The van der Waals surface area contributed by atoms with Crippen molar-refractivity contribution in [3.05, 3.63) is 22.7 Å². The number of amides is 1. The molecule has 0 radical (unpaired) electrons. The van der Waals surface area contributed by atoms with Crippen molar-refractivity contribution in [2.45, 2.75) is 40.5 Å². The van der Waals surface area contributed by atoms with Crippen LogP contribution in [0.15, 0.2) is 12.1 Å². The lowest BCUT2D eigenvalue weighted by molar-refractivity contribution is -0.894. The quantitative estimate of drug-likeness (QED) is 0.776. The molecule has 132 valence electrons. The third-order valence-electron chi connectivity index (χ3n) is 4.32. The minimum Gasteiger partial charge on any atom is -0.334 e. The van der Waals surface area contributed by atoms with E-state index < -0.39 is 0 Å². The zero-order valence-electron chi connectivity index (χ0n) is 15.0. The average Bonchev–Trinajstić information content (AvgIpc) is 2.95. The summed E-state index contributed by atoms with van der Waals surface area (Å²) in [4.78, 5) is 20.7. The van der Waals surface area contributed by atoms with E-state index >= 15 is 0 Å². The molecule has 2 aromatic rings. The Morgan fingerprint density at radius 1 is 1.29 bits per heavy atom. The number of rotatable bonds is 8. The normalized spacial score (nSPS) is 11.4. The minimum absolute atomic E-state index is 0.159. The van der Waals surface area contributed by atoms with Crippen LogP contribution in [0.3, 0.4) is 0 Å². The fourth-order valence-electron chi connectivity index (χ4n) is 2.81. The van der Waals surface area contributed by atoms with Gasteiger partial charge in [0.05, 0.1) is 36.4 Å². The highest BCUT2D eigenvalue weighted by Gasteiger charge is 2.21. The largest absolute Gasteiger partial charge is 0.334 e. The predicted octanol–water partition coefficient (Wildman–Crippen LogP) is 3.32. The molecular weight excluding hydrogens is 342 g/mol. The Balaban J connectivity index is 2.32. The summed E-state index contributed by atoms with van der Waals surface area (Å²) >= 11 is 7.72. The van der Waals surface area contributed by atoms with Gasteiger partial charge in [0, 0.05) is 11.4 Å². The van der Waals surface area contributed by atoms with E-state index in [4.69, 9.17) is 16.6 Å². The topological polar surface area (TPSA) is 37.6 Å². The standard InChI is InChI=1S/C18H26ClN3OS/c1-5-8-16(23)22(10-9-21(6-2)7-3)18-20-17-13(4)11-14(19)12-15(17)24-18/h11-12H,5-10H2,1-4H3/p+1. The van der Waals surface area contributed by atoms with Crippen molar-refractivity contribution in [1.82, 2.24) is 4.98 Å². The summed E-state index contributed by atoms with van der Waals surface area (Å²) < 4.78 is 1.04. The Kier molecular flexibility index (Phi) is 7.02. The highest BCUT2D eigenvalue weighted by Crippen LogP contribution is 2.33. The third-order valence-corrected chi connectivity index (χ3v) is 5.57. The SMILES string of the molecule is CCCC(=O)N(CC[NH+](CC)CC)c1nc2c(C)cc(Cl)cc2s1. The number of hydrogen-bond acceptors (Lipinski definition) is 3. The Labute approximate surface area is 153 Å². The van der Waals surface area contributed by atoms with Crippen LogP contribution in [0.4, 0.5) is 5.13 Å². The van der Waals surface area contributed by atoms with Crippen LogP contribution < -0.4 is 9.80 Å². The van der Waals surface area contributed by atoms with Gasteiger partial charge in [-0.3, -0.25) is 9.69 Å². The van der Waals surface area contributed by atoms with Crippen LogP contribution in [0, 0.1) is 6.92 Å². The second-order valence-corrected chi connectivity index (χ2v) is 7.51. The number of hydrogen-bond donors (Lipinski definition) is 1. The Bertz CT molecular complexity index is 697. The van der Waals surface area contributed by atoms with E-state index in [0.29, 0.717) is 18.0 Å². The number of halogens is 1. The van der Waals surface area contributed by atoms with Crippen molar-refractivity contribution in [3.8, 4) is 0 Å². The molecule has 1 aromatic heterocycles. The number of benzene rings is 1. The van der Waals surface area contributed by atoms with Crippen LogP contribution in [0.25, 0.3) is 10.2 Å². The molecule has 0 fully saturated rings. The lowest BCUT2D eigenvalue weighted by Crippen LogP contribution is -3.12. The van der Waals surface area contributed by atoms with Gasteiger partial charge in [0.2, 0.25) is 5.91 Å². The molecule has 1 amide bonds. The zero-order chi connectivity index (χ0) is 17.7. The van der Waals surface area contributed by atoms with Gasteiger partial charge in [-0.15, -0.1) is 0 Å². The smallest absolute Gasteiger partial charge is 0.228 e. The molecule has 0 aliphatic carbocycles. The number of nitrogens with one attached hydrogen (secondary N) is 1. The van der Waals surface area contributed by atoms with Crippen molar-refractivity contribution in [3.63, 3.8) is 0 Å². The van der Waals surface area contributed by atoms with Gasteiger partial charge >= 0.3 is 0 Å². The van der Waals surface area contributed by atoms with Gasteiger partial charge in [-0.05, 0) is 44.9 Å². The summed E-state index contributed by atoms with van der Waals surface area (Å²) in [6.07, 6.45) is 1.41. The van der Waals surface area contributed by atoms with Gasteiger partial charge in [0.25, 0.3) is 0 Å². The predicted molar refractivity (Wildman–Crippen MR) is 104 cm³/mol. The number of carbonyl (C=O) groups excluding carboxylic acids is 1. The summed E-state index contributed by atoms with van der Waals surface area (Å²) in [6.45, 7) is 12.2. The molecule has 1 N–H and O–H groups in total. The monoisotopic (exact) mass is 368 g/mol. The molecule has 24 heavy (non-hydrogen) atoms. The van der Waals surface area contributed by atoms with Crippen LogP contribution in [0.2, 0.25) is 5.02 Å². The Hall–Kier alpha value is -1.17. The lowest BCUT2D eigenvalue weighted by Gasteiger charge is -2.22. The highest BCUT2D eigenvalue weighted by molar-refractivity contribution is 7.22. The average molecular weight is 369 g/mol. The van der Waals surface area contributed by atoms with Gasteiger partial charge in [-0.2, -0.15) is 0 Å². The number of fused-ring (bicyclic) bond motifs is 1. The van der Waals surface area contributed by atoms with E-state index in [1.54, 1.807) is 11.3 Å². The first kappa shape index (κ1) is 19.2. The van der Waals surface area contributed by atoms with E-state index in [2.05, 4.69) is 13.8 Å². The summed E-state index contributed by atoms with van der Waals surface area (Å²) in [5, 5.41) is 1.51. The number of aromatic nitrogens is 1. The maximum Gasteiger partial charge on any atom is 0.228 e. The van der Waals surface area contributed by atoms with E-state index in [1.165, 1.54) is 4.90 Å². The minimum atomic E-state index is 0.159. The molecule has 0 unspecified atom stereocenters. The van der Waals surface area contributed by atoms with Crippen LogP contribution in [0.5, 0.6) is 0 Å². The van der Waals surface area contributed by atoms with Gasteiger partial charge < -0.3 is 4.90 Å². The molecule has 0 saturated carbocycles. The number of thiazole rings is 1. The molecular formula is C18H27ClN3OS+. The van der Waals surface area contributed by atoms with Crippen LogP contribution in [0.1, 0.15) is 39.2 Å². The zero-order valence-corrected chi connectivity index (χ0v) is 16.6. The number of nitrogens with zero attached hydrogens (tertiary/aromatic N) is 2. The van der Waals surface area contributed by atoms with Gasteiger partial charge in [-0.1, -0.05) is 29.9 Å². The van der Waals surface area contributed by atoms with Gasteiger partial charge in [-0.25, -0.2) is 4.98 Å². The van der Waals surface area contributed by atoms with E-state index in [9.17, 15) is 4.79 Å². The third kappa shape index (κ3) is 4.47. The first-order chi connectivity index (χ1) is 11.5. The second kappa shape index (κ2) is 8.79. The van der Waals surface area contributed by atoms with Gasteiger partial charge in [0.1, 0.15) is 0 Å². The molecule has 0 atom stereocenters. The number of aryl methyl sites for hydroxylation is 1. The summed E-state index contributed by atoms with van der Waals surface area (Å²) in [7, 11) is 0. The van der Waals surface area contributed by atoms with E-state index in [-0.39, 0.29) is 5.91 Å². The van der Waals surface area contributed by atoms with Crippen LogP contribution in [-0.2, 0) is 4.79 Å². The molecule has 0 spiro atoms. The molecule has 6 heteroatoms. The van der Waals surface area contributed by atoms with Crippen molar-refractivity contribution in [1.29, 1.82) is 0 Å². The number of likely N-dealkylation sites (N-methyl/N-ethyl adjacent to an activating group) is 1. The van der Waals surface area contributed by atoms with Crippen molar-refractivity contribution in [2.75, 3.05) is 31.1 Å². The fraction of sp³-hybridized carbons (Fsp3) is 0.556. The van der Waals surface area contributed by atoms with Crippen molar-refractivity contribution < 1.29 is 9.69 Å². The van der Waals surface area contributed by atoms with Gasteiger partial charge in [0.15, 0.2) is 5.13 Å². The number of quaternary nitrogens is 1. The van der Waals surface area contributed by atoms with Crippen LogP contribution >= 0.6 is 22.9 Å². The van der Waals surface area contributed by atoms with Crippen molar-refractivity contribution >= 4 is 44.2 Å². The molecule has 2 rings (SSSR count). The number of carbonyl (C=O) groups is 1. The van der Waals surface area contributed by atoms with Crippen molar-refractivity contribution in [2.24, 2.45) is 0 Å². The molecule has 0 bridgehead atoms. The number of anilines is 1. The summed E-state index contributed by atoms with van der Waals surface area (Å²) in [5.74, 6) is 0.159. The highest BCUT2D eigenvalue weighted by atomic mass is 35.5. The Morgan fingerprint density at radius 3 is 2.62 bits per heavy atom. The maximum absolute atomic E-state index is 12.6. The fourth-order valence-corrected chi connectivity index (χ4v) is 4.27. The molecule has 4 nitrogen and oxygen atoms in total. The maximum atomic E-state index is 12.6. The molecule has 1 aromatic carbocycles. The molecule has 0 aliphatic heterocycles. The molecule has 0 saturated heterocycles. The molecule has 0 aliphatic rings. The summed E-state index contributed by atoms with van der Waals surface area (Å²) in [5.41, 5.74) is 2.00. The second-order valence-electron chi connectivity index (χ2n) is 6.07. The summed E-state index contributed by atoms with van der Waals surface area (Å²) in [6, 6.07) is 3.86. The lowest BCUT2D eigenvalue weighted by atomic mass is 10.2. The van der Waals surface area contributed by atoms with E-state index in [0.717, 1.165) is 47.0 Å². The Morgan fingerprint density at radius 2 is 2.00 bits per heavy atom. The first-order valence-corrected chi connectivity index (χ1v) is 9.90. The van der Waals surface area contributed by atoms with E-state index in [1.807, 2.05) is 30.9 Å². The van der Waals surface area contributed by atoms with Crippen LogP contribution in [-0.4, -0.2) is 37.1 Å².